The van der Waals surface area contributed by atoms with Gasteiger partial charge in [-0.15, -0.1) is 0 Å². The first-order valence-electron chi connectivity index (χ1n) is 26.4. The van der Waals surface area contributed by atoms with Crippen molar-refractivity contribution in [1.29, 1.82) is 0 Å². The number of aliphatic hydroxyl groups is 4. The van der Waals surface area contributed by atoms with E-state index in [1.54, 1.807) is 0 Å². The molecule has 0 saturated heterocycles. The summed E-state index contributed by atoms with van der Waals surface area (Å²) in [6.45, 7) is 4.02. The second kappa shape index (κ2) is 48.6. The Kier molecular flexibility index (Phi) is 47.4. The fourth-order valence-corrected chi connectivity index (χ4v) is 8.12. The van der Waals surface area contributed by atoms with Gasteiger partial charge < -0.3 is 25.7 Å². The van der Waals surface area contributed by atoms with Gasteiger partial charge >= 0.3 is 0 Å². The lowest BCUT2D eigenvalue weighted by atomic mass is 10.00. The van der Waals surface area contributed by atoms with E-state index in [1.165, 1.54) is 193 Å². The van der Waals surface area contributed by atoms with Gasteiger partial charge in [-0.25, -0.2) is 0 Å². The molecule has 0 aliphatic heterocycles. The molecule has 4 unspecified atom stereocenters. The molecule has 6 nitrogen and oxygen atoms in total. The SMILES string of the molecule is CCCCCC/C=C/CC/C=C/CCCC(O)C(O)C(CO)NC(=O)C(O)CCCCCCCCCCCCCCCCC/C=C\CCCCCCCCCCCCCC. The van der Waals surface area contributed by atoms with Crippen molar-refractivity contribution in [2.45, 2.75) is 295 Å². The maximum atomic E-state index is 12.5. The Morgan fingerprint density at radius 3 is 1.07 bits per heavy atom. The van der Waals surface area contributed by atoms with Gasteiger partial charge in [-0.1, -0.05) is 230 Å². The Morgan fingerprint density at radius 1 is 0.400 bits per heavy atom. The van der Waals surface area contributed by atoms with Crippen LogP contribution in [0.1, 0.15) is 271 Å². The number of hydrogen-bond acceptors (Lipinski definition) is 5. The molecule has 0 radical (unpaired) electrons. The minimum atomic E-state index is -1.29. The molecule has 0 heterocycles. The monoisotopic (exact) mass is 846 g/mol. The number of rotatable bonds is 48. The van der Waals surface area contributed by atoms with E-state index in [4.69, 9.17) is 0 Å². The molecule has 6 heteroatoms. The van der Waals surface area contributed by atoms with Gasteiger partial charge in [0.25, 0.3) is 0 Å². The van der Waals surface area contributed by atoms with Crippen LogP contribution in [0.25, 0.3) is 0 Å². The summed E-state index contributed by atoms with van der Waals surface area (Å²) in [6, 6.07) is -1.01. The van der Waals surface area contributed by atoms with Crippen molar-refractivity contribution >= 4 is 5.91 Å². The van der Waals surface area contributed by atoms with E-state index in [0.29, 0.717) is 19.3 Å². The highest BCUT2D eigenvalue weighted by Crippen LogP contribution is 2.17. The predicted octanol–water partition coefficient (Wildman–Crippen LogP) is 14.9. The van der Waals surface area contributed by atoms with Crippen molar-refractivity contribution in [2.24, 2.45) is 0 Å². The van der Waals surface area contributed by atoms with E-state index in [9.17, 15) is 25.2 Å². The number of carbonyl (C=O) groups is 1. The summed E-state index contributed by atoms with van der Waals surface area (Å²) in [6.07, 6.45) is 59.3. The Morgan fingerprint density at radius 2 is 0.700 bits per heavy atom. The smallest absolute Gasteiger partial charge is 0.249 e. The van der Waals surface area contributed by atoms with Crippen molar-refractivity contribution < 1.29 is 25.2 Å². The maximum Gasteiger partial charge on any atom is 0.249 e. The third-order valence-electron chi connectivity index (χ3n) is 12.3. The van der Waals surface area contributed by atoms with Crippen molar-refractivity contribution in [3.05, 3.63) is 36.5 Å². The number of allylic oxidation sites excluding steroid dienone is 6. The number of unbranched alkanes of at least 4 members (excludes halogenated alkanes) is 33. The van der Waals surface area contributed by atoms with Crippen molar-refractivity contribution in [3.8, 4) is 0 Å². The van der Waals surface area contributed by atoms with E-state index >= 15 is 0 Å². The lowest BCUT2D eigenvalue weighted by molar-refractivity contribution is -0.132. The van der Waals surface area contributed by atoms with E-state index < -0.39 is 36.9 Å². The third-order valence-corrected chi connectivity index (χ3v) is 12.3. The van der Waals surface area contributed by atoms with Crippen LogP contribution in [0.3, 0.4) is 0 Å². The molecular weight excluding hydrogens is 743 g/mol. The highest BCUT2D eigenvalue weighted by atomic mass is 16.3. The van der Waals surface area contributed by atoms with Crippen LogP contribution < -0.4 is 5.32 Å². The molecule has 0 aliphatic rings. The van der Waals surface area contributed by atoms with Gasteiger partial charge in [0.15, 0.2) is 0 Å². The van der Waals surface area contributed by atoms with E-state index in [2.05, 4.69) is 55.6 Å². The minimum absolute atomic E-state index is 0.361. The fourth-order valence-electron chi connectivity index (χ4n) is 8.12. The van der Waals surface area contributed by atoms with Gasteiger partial charge in [0.1, 0.15) is 12.2 Å². The molecule has 60 heavy (non-hydrogen) atoms. The molecular formula is C54H103NO5. The van der Waals surface area contributed by atoms with Crippen LogP contribution in [0.4, 0.5) is 0 Å². The van der Waals surface area contributed by atoms with Gasteiger partial charge in [0.2, 0.25) is 5.91 Å². The van der Waals surface area contributed by atoms with Gasteiger partial charge in [0, 0.05) is 0 Å². The van der Waals surface area contributed by atoms with Crippen LogP contribution in [-0.2, 0) is 4.79 Å². The van der Waals surface area contributed by atoms with Crippen LogP contribution >= 0.6 is 0 Å². The number of aliphatic hydroxyl groups excluding tert-OH is 4. The Balaban J connectivity index is 3.60. The summed E-state index contributed by atoms with van der Waals surface area (Å²) in [7, 11) is 0. The minimum Gasteiger partial charge on any atom is -0.394 e. The molecule has 0 aromatic carbocycles. The van der Waals surface area contributed by atoms with Crippen LogP contribution in [0, 0.1) is 0 Å². The first-order valence-corrected chi connectivity index (χ1v) is 26.4. The molecule has 0 rings (SSSR count). The van der Waals surface area contributed by atoms with Gasteiger partial charge in [-0.2, -0.15) is 0 Å². The third kappa shape index (κ3) is 41.9. The summed E-state index contributed by atoms with van der Waals surface area (Å²) < 4.78 is 0. The molecule has 4 atom stereocenters. The summed E-state index contributed by atoms with van der Waals surface area (Å²) >= 11 is 0. The van der Waals surface area contributed by atoms with Crippen LogP contribution in [-0.4, -0.2) is 57.3 Å². The molecule has 1 amide bonds. The average Bonchev–Trinajstić information content (AvgIpc) is 3.25. The van der Waals surface area contributed by atoms with Crippen molar-refractivity contribution in [2.75, 3.05) is 6.61 Å². The Labute approximate surface area is 373 Å². The van der Waals surface area contributed by atoms with Crippen LogP contribution in [0.15, 0.2) is 36.5 Å². The maximum absolute atomic E-state index is 12.5. The molecule has 5 N–H and O–H groups in total. The summed E-state index contributed by atoms with van der Waals surface area (Å²) in [5, 5.41) is 43.7. The van der Waals surface area contributed by atoms with Gasteiger partial charge in [0.05, 0.1) is 18.8 Å². The topological polar surface area (TPSA) is 110 Å². The summed E-state index contributed by atoms with van der Waals surface area (Å²) in [4.78, 5) is 12.5. The molecule has 0 bridgehead atoms. The predicted molar refractivity (Wildman–Crippen MR) is 260 cm³/mol. The molecule has 0 spiro atoms. The molecule has 0 aromatic heterocycles. The molecule has 0 aliphatic carbocycles. The van der Waals surface area contributed by atoms with E-state index in [0.717, 1.165) is 44.9 Å². The number of amides is 1. The second-order valence-electron chi connectivity index (χ2n) is 18.2. The van der Waals surface area contributed by atoms with Crippen molar-refractivity contribution in [1.82, 2.24) is 5.32 Å². The standard InChI is InChI=1S/C54H103NO5/c1-3-5-7-9-11-13-15-17-18-19-20-21-22-23-24-25-26-27-28-29-30-31-32-33-34-36-38-40-42-44-46-48-52(58)54(60)55-50(49-56)53(59)51(57)47-45-43-41-39-37-35-16-14-12-10-8-6-4-2/h14,16,23-24,39,41,50-53,56-59H,3-13,15,17-22,25-38,40,42-49H2,1-2H3,(H,55,60)/b16-14+,24-23-,41-39+. The Hall–Kier alpha value is -1.47. The van der Waals surface area contributed by atoms with Crippen molar-refractivity contribution in [3.63, 3.8) is 0 Å². The molecule has 354 valence electrons. The first kappa shape index (κ1) is 58.5. The highest BCUT2D eigenvalue weighted by Gasteiger charge is 2.28. The van der Waals surface area contributed by atoms with E-state index in [-0.39, 0.29) is 0 Å². The van der Waals surface area contributed by atoms with Gasteiger partial charge in [-0.3, -0.25) is 4.79 Å². The zero-order chi connectivity index (χ0) is 43.8. The molecule has 0 saturated carbocycles. The van der Waals surface area contributed by atoms with E-state index in [1.807, 2.05) is 0 Å². The average molecular weight is 846 g/mol. The number of nitrogens with one attached hydrogen (secondary N) is 1. The lowest BCUT2D eigenvalue weighted by Crippen LogP contribution is -2.53. The highest BCUT2D eigenvalue weighted by molar-refractivity contribution is 5.80. The summed E-state index contributed by atoms with van der Waals surface area (Å²) in [5.41, 5.74) is 0. The summed E-state index contributed by atoms with van der Waals surface area (Å²) in [5.74, 6) is -0.596. The zero-order valence-corrected chi connectivity index (χ0v) is 40.0. The Bertz CT molecular complexity index is 950. The largest absolute Gasteiger partial charge is 0.394 e. The quantitative estimate of drug-likeness (QED) is 0.0309. The molecule has 0 fully saturated rings. The second-order valence-corrected chi connectivity index (χ2v) is 18.2. The normalized spacial score (nSPS) is 14.2. The lowest BCUT2D eigenvalue weighted by Gasteiger charge is -2.27. The van der Waals surface area contributed by atoms with Crippen LogP contribution in [0.2, 0.25) is 0 Å². The number of hydrogen-bond donors (Lipinski definition) is 5. The van der Waals surface area contributed by atoms with Crippen LogP contribution in [0.5, 0.6) is 0 Å². The molecule has 0 aromatic rings. The number of carbonyl (C=O) groups excluding carboxylic acids is 1. The first-order chi connectivity index (χ1) is 29.5. The van der Waals surface area contributed by atoms with Gasteiger partial charge in [-0.05, 0) is 77.0 Å². The fraction of sp³-hybridized carbons (Fsp3) is 0.870. The zero-order valence-electron chi connectivity index (χ0n) is 40.0.